The maximum Gasteiger partial charge on any atom is 0.270 e. The third-order valence-corrected chi connectivity index (χ3v) is 4.89. The lowest BCUT2D eigenvalue weighted by atomic mass is 10.2. The number of carbonyl (C=O) groups is 1. The van der Waals surface area contributed by atoms with Gasteiger partial charge in [0.1, 0.15) is 5.69 Å². The Morgan fingerprint density at radius 3 is 2.89 bits per heavy atom. The molecule has 1 aromatic carbocycles. The number of hydrogen-bond donors (Lipinski definition) is 0. The van der Waals surface area contributed by atoms with E-state index in [-0.39, 0.29) is 12.7 Å². The number of furan rings is 1. The fourth-order valence-corrected chi connectivity index (χ4v) is 3.58. The number of rotatable bonds is 6. The summed E-state index contributed by atoms with van der Waals surface area (Å²) in [6.07, 6.45) is 0. The van der Waals surface area contributed by atoms with Crippen molar-refractivity contribution < 1.29 is 23.4 Å². The minimum atomic E-state index is -0.0914. The predicted molar refractivity (Wildman–Crippen MR) is 102 cm³/mol. The van der Waals surface area contributed by atoms with Gasteiger partial charge >= 0.3 is 0 Å². The van der Waals surface area contributed by atoms with Crippen LogP contribution in [0.4, 0.5) is 0 Å². The predicted octanol–water partition coefficient (Wildman–Crippen LogP) is 3.64. The Labute approximate surface area is 164 Å². The molecule has 0 radical (unpaired) electrons. The van der Waals surface area contributed by atoms with E-state index < -0.39 is 0 Å². The smallest absolute Gasteiger partial charge is 0.270 e. The fourth-order valence-electron chi connectivity index (χ4n) is 3.19. The van der Waals surface area contributed by atoms with E-state index in [1.54, 1.807) is 25.1 Å². The van der Waals surface area contributed by atoms with Crippen LogP contribution in [0, 0.1) is 0 Å². The van der Waals surface area contributed by atoms with Gasteiger partial charge < -0.3 is 28.1 Å². The number of fused-ring (bicyclic) bond motifs is 2. The second-order valence-electron chi connectivity index (χ2n) is 6.32. The molecular formula is C19H19BrN2O5. The van der Waals surface area contributed by atoms with Gasteiger partial charge in [-0.15, -0.1) is 0 Å². The quantitative estimate of drug-likeness (QED) is 0.592. The van der Waals surface area contributed by atoms with Gasteiger partial charge in [-0.1, -0.05) is 6.07 Å². The highest BCUT2D eigenvalue weighted by Crippen LogP contribution is 2.33. The minimum Gasteiger partial charge on any atom is -0.454 e. The van der Waals surface area contributed by atoms with E-state index in [9.17, 15) is 4.79 Å². The van der Waals surface area contributed by atoms with Crippen LogP contribution in [-0.2, 0) is 17.8 Å². The van der Waals surface area contributed by atoms with Crippen LogP contribution in [0.1, 0.15) is 16.1 Å². The van der Waals surface area contributed by atoms with Crippen molar-refractivity contribution in [2.75, 3.05) is 27.6 Å². The highest BCUT2D eigenvalue weighted by Gasteiger charge is 2.22. The summed E-state index contributed by atoms with van der Waals surface area (Å²) in [6, 6.07) is 9.33. The molecule has 3 aromatic rings. The van der Waals surface area contributed by atoms with E-state index >= 15 is 0 Å². The Balaban J connectivity index is 1.58. The molecule has 27 heavy (non-hydrogen) atoms. The number of hydrogen-bond acceptors (Lipinski definition) is 5. The normalized spacial score (nSPS) is 12.7. The number of nitrogens with zero attached hydrogens (tertiary/aromatic N) is 2. The number of ether oxygens (including phenoxy) is 3. The number of carbonyl (C=O) groups excluding carboxylic acids is 1. The molecule has 142 valence electrons. The van der Waals surface area contributed by atoms with E-state index in [0.717, 1.165) is 16.8 Å². The van der Waals surface area contributed by atoms with Crippen LogP contribution in [-0.4, -0.2) is 42.9 Å². The highest BCUT2D eigenvalue weighted by molar-refractivity contribution is 9.10. The Bertz CT molecular complexity index is 994. The van der Waals surface area contributed by atoms with Crippen molar-refractivity contribution in [3.63, 3.8) is 0 Å². The van der Waals surface area contributed by atoms with E-state index in [0.29, 0.717) is 41.4 Å². The molecule has 1 aliphatic rings. The second-order valence-corrected chi connectivity index (χ2v) is 7.10. The van der Waals surface area contributed by atoms with Crippen LogP contribution in [0.2, 0.25) is 0 Å². The maximum absolute atomic E-state index is 13.1. The number of aromatic nitrogens is 1. The van der Waals surface area contributed by atoms with Crippen molar-refractivity contribution in [1.29, 1.82) is 0 Å². The molecule has 0 N–H and O–H groups in total. The largest absolute Gasteiger partial charge is 0.454 e. The lowest BCUT2D eigenvalue weighted by Gasteiger charge is -2.19. The van der Waals surface area contributed by atoms with Crippen LogP contribution in [0.15, 0.2) is 39.4 Å². The minimum absolute atomic E-state index is 0.0914. The summed E-state index contributed by atoms with van der Waals surface area (Å²) in [5.41, 5.74) is 3.06. The molecule has 1 amide bonds. The van der Waals surface area contributed by atoms with E-state index in [4.69, 9.17) is 18.6 Å². The molecule has 3 heterocycles. The number of amides is 1. The number of halogens is 1. The zero-order valence-corrected chi connectivity index (χ0v) is 16.6. The first-order chi connectivity index (χ1) is 13.1. The Morgan fingerprint density at radius 2 is 2.07 bits per heavy atom. The van der Waals surface area contributed by atoms with Gasteiger partial charge in [0.05, 0.1) is 12.1 Å². The first-order valence-electron chi connectivity index (χ1n) is 8.48. The summed E-state index contributed by atoms with van der Waals surface area (Å²) >= 11 is 3.34. The van der Waals surface area contributed by atoms with Crippen molar-refractivity contribution in [2.24, 2.45) is 0 Å². The van der Waals surface area contributed by atoms with Crippen molar-refractivity contribution in [3.05, 3.63) is 46.3 Å². The van der Waals surface area contributed by atoms with E-state index in [1.807, 2.05) is 28.8 Å². The first kappa shape index (κ1) is 17.9. The number of methoxy groups -OCH3 is 1. The molecule has 7 nitrogen and oxygen atoms in total. The topological polar surface area (TPSA) is 66.1 Å². The molecule has 2 aromatic heterocycles. The molecule has 0 saturated heterocycles. The van der Waals surface area contributed by atoms with Gasteiger partial charge in [0, 0.05) is 39.4 Å². The number of benzene rings is 1. The van der Waals surface area contributed by atoms with Crippen LogP contribution in [0.5, 0.6) is 11.5 Å². The van der Waals surface area contributed by atoms with Crippen LogP contribution >= 0.6 is 15.9 Å². The van der Waals surface area contributed by atoms with Gasteiger partial charge in [-0.25, -0.2) is 0 Å². The van der Waals surface area contributed by atoms with Gasteiger partial charge in [0.15, 0.2) is 21.8 Å². The second kappa shape index (κ2) is 7.28. The van der Waals surface area contributed by atoms with Gasteiger partial charge in [-0.2, -0.15) is 0 Å². The lowest BCUT2D eigenvalue weighted by molar-refractivity contribution is 0.0772. The Morgan fingerprint density at radius 1 is 1.26 bits per heavy atom. The lowest BCUT2D eigenvalue weighted by Crippen LogP contribution is -2.28. The Hall–Kier alpha value is -2.45. The first-order valence-corrected chi connectivity index (χ1v) is 9.27. The van der Waals surface area contributed by atoms with Gasteiger partial charge in [0.25, 0.3) is 5.91 Å². The monoisotopic (exact) mass is 434 g/mol. The summed E-state index contributed by atoms with van der Waals surface area (Å²) < 4.78 is 24.1. The average molecular weight is 435 g/mol. The van der Waals surface area contributed by atoms with Crippen molar-refractivity contribution in [2.45, 2.75) is 13.1 Å². The highest BCUT2D eigenvalue weighted by atomic mass is 79.9. The summed E-state index contributed by atoms with van der Waals surface area (Å²) in [4.78, 5) is 14.7. The summed E-state index contributed by atoms with van der Waals surface area (Å²) in [5.74, 6) is 1.34. The van der Waals surface area contributed by atoms with Crippen LogP contribution in [0.25, 0.3) is 11.1 Å². The summed E-state index contributed by atoms with van der Waals surface area (Å²) in [5, 5.41) is 0. The van der Waals surface area contributed by atoms with Crippen molar-refractivity contribution >= 4 is 32.9 Å². The van der Waals surface area contributed by atoms with Gasteiger partial charge in [0.2, 0.25) is 6.79 Å². The molecule has 1 aliphatic heterocycles. The zero-order chi connectivity index (χ0) is 19.0. The zero-order valence-electron chi connectivity index (χ0n) is 15.0. The van der Waals surface area contributed by atoms with Crippen molar-refractivity contribution in [3.8, 4) is 11.5 Å². The standard InChI is InChI=1S/C19H19BrN2O5/c1-21(10-12-3-4-15-17(7-12)26-11-25-15)19(23)14-8-16-13(9-18(20)27-16)22(14)5-6-24-2/h3-4,7-9H,5-6,10-11H2,1-2H3. The fraction of sp³-hybridized carbons (Fsp3) is 0.316. The molecule has 0 unspecified atom stereocenters. The van der Waals surface area contributed by atoms with Crippen molar-refractivity contribution in [1.82, 2.24) is 9.47 Å². The third kappa shape index (κ3) is 3.42. The summed E-state index contributed by atoms with van der Waals surface area (Å²) in [6.45, 7) is 1.74. The van der Waals surface area contributed by atoms with Crippen LogP contribution in [0.3, 0.4) is 0 Å². The summed E-state index contributed by atoms with van der Waals surface area (Å²) in [7, 11) is 3.41. The molecule has 0 fully saturated rings. The average Bonchev–Trinajstić information content (AvgIpc) is 3.33. The van der Waals surface area contributed by atoms with Crippen LogP contribution < -0.4 is 9.47 Å². The molecule has 0 bridgehead atoms. The molecule has 4 rings (SSSR count). The van der Waals surface area contributed by atoms with Gasteiger partial charge in [-0.3, -0.25) is 4.79 Å². The maximum atomic E-state index is 13.1. The molecule has 0 saturated carbocycles. The molecule has 8 heteroatoms. The van der Waals surface area contributed by atoms with E-state index in [1.165, 1.54) is 0 Å². The SMILES string of the molecule is COCCn1c(C(=O)N(C)Cc2ccc3c(c2)OCO3)cc2oc(Br)cc21. The Kier molecular flexibility index (Phi) is 4.84. The van der Waals surface area contributed by atoms with E-state index in [2.05, 4.69) is 15.9 Å². The molecular weight excluding hydrogens is 416 g/mol. The molecule has 0 atom stereocenters. The van der Waals surface area contributed by atoms with Gasteiger partial charge in [-0.05, 0) is 33.6 Å². The molecule has 0 spiro atoms. The molecule has 0 aliphatic carbocycles. The third-order valence-electron chi connectivity index (χ3n) is 4.50.